The van der Waals surface area contributed by atoms with E-state index in [-0.39, 0.29) is 0 Å². The van der Waals surface area contributed by atoms with Gasteiger partial charge in [-0.05, 0) is 109 Å². The van der Waals surface area contributed by atoms with Crippen molar-refractivity contribution in [3.05, 3.63) is 265 Å². The van der Waals surface area contributed by atoms with Gasteiger partial charge in [-0.1, -0.05) is 188 Å². The van der Waals surface area contributed by atoms with E-state index in [1.807, 2.05) is 18.3 Å². The molecular weight excluding hydrogens is 813 g/mol. The normalized spacial score (nSPS) is 12.9. The number of para-hydroxylation sites is 3. The van der Waals surface area contributed by atoms with E-state index < -0.39 is 5.41 Å². The highest BCUT2D eigenvalue weighted by Gasteiger charge is 2.52. The van der Waals surface area contributed by atoms with Crippen LogP contribution in [0.25, 0.3) is 65.5 Å². The summed E-state index contributed by atoms with van der Waals surface area (Å²) in [5.74, 6) is 0.620. The highest BCUT2D eigenvalue weighted by atomic mass is 15.3. The van der Waals surface area contributed by atoms with Crippen LogP contribution >= 0.6 is 0 Å². The van der Waals surface area contributed by atoms with Crippen LogP contribution in [0.2, 0.25) is 0 Å². The molecule has 11 aromatic carbocycles. The Bertz CT molecular complexity index is 3910. The fraction of sp³-hybridized carbons (Fsp3) is 0.0159. The molecule has 2 aliphatic rings. The zero-order valence-corrected chi connectivity index (χ0v) is 36.4. The van der Waals surface area contributed by atoms with Gasteiger partial charge in [0, 0.05) is 39.3 Å². The molecule has 0 saturated heterocycles. The van der Waals surface area contributed by atoms with Crippen LogP contribution in [0, 0.1) is 0 Å². The van der Waals surface area contributed by atoms with Gasteiger partial charge in [-0.15, -0.1) is 0 Å². The maximum atomic E-state index is 5.19. The molecule has 0 unspecified atom stereocenters. The van der Waals surface area contributed by atoms with Crippen LogP contribution in [0.1, 0.15) is 22.3 Å². The zero-order chi connectivity index (χ0) is 44.1. The van der Waals surface area contributed by atoms with Gasteiger partial charge in [0.15, 0.2) is 0 Å². The van der Waals surface area contributed by atoms with E-state index in [9.17, 15) is 0 Å². The van der Waals surface area contributed by atoms with Gasteiger partial charge in [0.25, 0.3) is 0 Å². The second-order valence-electron chi connectivity index (χ2n) is 17.6. The van der Waals surface area contributed by atoms with E-state index in [0.29, 0.717) is 5.95 Å². The summed E-state index contributed by atoms with van der Waals surface area (Å²) in [7, 11) is 0. The number of fused-ring (bicyclic) bond motifs is 16. The summed E-state index contributed by atoms with van der Waals surface area (Å²) in [4.78, 5) is 14.9. The topological polar surface area (TPSA) is 32.3 Å². The lowest BCUT2D eigenvalue weighted by atomic mass is 9.70. The van der Waals surface area contributed by atoms with Crippen LogP contribution in [0.4, 0.5) is 34.4 Å². The maximum Gasteiger partial charge on any atom is 0.235 e. The first-order valence-corrected chi connectivity index (χ1v) is 23.0. The minimum absolute atomic E-state index is 0.463. The molecule has 1 heterocycles. The molecule has 12 aromatic rings. The minimum Gasteiger partial charge on any atom is -0.309 e. The molecule has 312 valence electrons. The van der Waals surface area contributed by atoms with Crippen LogP contribution < -0.4 is 9.80 Å². The lowest BCUT2D eigenvalue weighted by molar-refractivity contribution is 0.794. The highest BCUT2D eigenvalue weighted by Crippen LogP contribution is 2.65. The first-order valence-electron chi connectivity index (χ1n) is 23.0. The monoisotopic (exact) mass is 852 g/mol. The first kappa shape index (κ1) is 37.5. The molecule has 0 saturated carbocycles. The Morgan fingerprint density at radius 3 is 1.42 bits per heavy atom. The first-order chi connectivity index (χ1) is 33.3. The summed E-state index contributed by atoms with van der Waals surface area (Å²) in [6.07, 6.45) is 1.93. The second-order valence-corrected chi connectivity index (χ2v) is 17.6. The summed E-state index contributed by atoms with van der Waals surface area (Å²) in [5.41, 5.74) is 16.2. The molecular formula is C63H40N4. The van der Waals surface area contributed by atoms with Gasteiger partial charge >= 0.3 is 0 Å². The Morgan fingerprint density at radius 1 is 0.328 bits per heavy atom. The third kappa shape index (κ3) is 5.35. The molecule has 0 radical (unpaired) electrons. The molecule has 2 aliphatic carbocycles. The summed E-state index contributed by atoms with van der Waals surface area (Å²) in [6, 6.07) is 86.3. The van der Waals surface area contributed by atoms with E-state index in [0.717, 1.165) is 60.9 Å². The zero-order valence-electron chi connectivity index (χ0n) is 36.4. The predicted molar refractivity (Wildman–Crippen MR) is 278 cm³/mol. The smallest absolute Gasteiger partial charge is 0.235 e. The Hall–Kier alpha value is -8.86. The van der Waals surface area contributed by atoms with Crippen molar-refractivity contribution in [2.24, 2.45) is 0 Å². The predicted octanol–water partition coefficient (Wildman–Crippen LogP) is 16.4. The van der Waals surface area contributed by atoms with E-state index in [2.05, 4.69) is 234 Å². The molecule has 14 rings (SSSR count). The quantitative estimate of drug-likeness (QED) is 0.156. The Balaban J connectivity index is 1.06. The lowest BCUT2D eigenvalue weighted by Gasteiger charge is -2.32. The van der Waals surface area contributed by atoms with E-state index in [4.69, 9.17) is 9.97 Å². The van der Waals surface area contributed by atoms with Gasteiger partial charge in [0.2, 0.25) is 5.95 Å². The molecule has 4 heteroatoms. The van der Waals surface area contributed by atoms with Gasteiger partial charge in [-0.2, -0.15) is 0 Å². The average molecular weight is 853 g/mol. The fourth-order valence-corrected chi connectivity index (χ4v) is 11.6. The van der Waals surface area contributed by atoms with Crippen molar-refractivity contribution < 1.29 is 0 Å². The maximum absolute atomic E-state index is 5.19. The minimum atomic E-state index is -0.463. The Labute approximate surface area is 388 Å². The largest absolute Gasteiger partial charge is 0.309 e. The van der Waals surface area contributed by atoms with E-state index >= 15 is 0 Å². The van der Waals surface area contributed by atoms with Crippen molar-refractivity contribution in [1.82, 2.24) is 9.97 Å². The van der Waals surface area contributed by atoms with Gasteiger partial charge < -0.3 is 4.90 Å². The standard InChI is InChI=1S/C63H40N4/c1-3-21-42(22-4-1)66(58-37-19-35-56-61(58)50-31-14-17-34-55(50)63(56)53-32-15-12-27-46(53)47-28-13-16-33-54(47)63)59-38-51-45-26-9-11-30-49(45)60(39-52(51)44-25-8-10-29-48(44)59)67(43-23-5-2-6-24-43)62-64-40-41-20-7-18-36-57(41)65-62/h1-40H. The third-order valence-corrected chi connectivity index (χ3v) is 14.3. The summed E-state index contributed by atoms with van der Waals surface area (Å²) >= 11 is 0. The van der Waals surface area contributed by atoms with E-state index in [1.165, 1.54) is 55.3 Å². The molecule has 0 fully saturated rings. The number of rotatable bonds is 6. The molecule has 1 spiro atoms. The SMILES string of the molecule is c1ccc(N(c2ncc3ccccc3n2)c2cc3c4ccccc4c(N(c4ccccc4)c4cccc5c4-c4ccccc4C54c5ccccc5-c5ccccc54)cc3c3ccccc23)cc1. The molecule has 0 N–H and O–H groups in total. The lowest BCUT2D eigenvalue weighted by Crippen LogP contribution is -2.26. The Kier molecular flexibility index (Phi) is 8.16. The molecule has 0 bridgehead atoms. The van der Waals surface area contributed by atoms with Gasteiger partial charge in [-0.25, -0.2) is 9.97 Å². The number of nitrogens with zero attached hydrogens (tertiary/aromatic N) is 4. The van der Waals surface area contributed by atoms with Gasteiger partial charge in [0.05, 0.1) is 28.0 Å². The molecule has 0 amide bonds. The van der Waals surface area contributed by atoms with Gasteiger partial charge in [0.1, 0.15) is 0 Å². The number of anilines is 6. The van der Waals surface area contributed by atoms with Crippen molar-refractivity contribution in [3.8, 4) is 22.3 Å². The molecule has 1 aromatic heterocycles. The van der Waals surface area contributed by atoms with Gasteiger partial charge in [-0.3, -0.25) is 4.90 Å². The highest BCUT2D eigenvalue weighted by molar-refractivity contribution is 6.25. The van der Waals surface area contributed by atoms with Crippen molar-refractivity contribution in [2.75, 3.05) is 9.80 Å². The second kappa shape index (κ2) is 14.6. The molecule has 0 atom stereocenters. The third-order valence-electron chi connectivity index (χ3n) is 14.3. The number of aromatic nitrogens is 2. The van der Waals surface area contributed by atoms with E-state index in [1.54, 1.807) is 0 Å². The molecule has 0 aliphatic heterocycles. The fourth-order valence-electron chi connectivity index (χ4n) is 11.6. The average Bonchev–Trinajstić information content (AvgIpc) is 3.87. The number of hydrogen-bond acceptors (Lipinski definition) is 4. The summed E-state index contributed by atoms with van der Waals surface area (Å²) < 4.78 is 0. The van der Waals surface area contributed by atoms with Crippen LogP contribution in [0.3, 0.4) is 0 Å². The summed E-state index contributed by atoms with van der Waals surface area (Å²) in [6.45, 7) is 0. The Morgan fingerprint density at radius 2 is 0.791 bits per heavy atom. The number of benzene rings is 11. The van der Waals surface area contributed by atoms with Crippen molar-refractivity contribution in [3.63, 3.8) is 0 Å². The molecule has 67 heavy (non-hydrogen) atoms. The van der Waals surface area contributed by atoms with Crippen molar-refractivity contribution >= 4 is 77.6 Å². The van der Waals surface area contributed by atoms with Crippen molar-refractivity contribution in [2.45, 2.75) is 5.41 Å². The van der Waals surface area contributed by atoms with Crippen LogP contribution in [0.5, 0.6) is 0 Å². The van der Waals surface area contributed by atoms with Crippen LogP contribution in [-0.2, 0) is 5.41 Å². The van der Waals surface area contributed by atoms with Crippen molar-refractivity contribution in [1.29, 1.82) is 0 Å². The number of hydrogen-bond donors (Lipinski definition) is 0. The summed E-state index contributed by atoms with van der Waals surface area (Å²) in [5, 5.41) is 7.91. The molecule has 4 nitrogen and oxygen atoms in total. The van der Waals surface area contributed by atoms with Crippen LogP contribution in [-0.4, -0.2) is 9.97 Å². The van der Waals surface area contributed by atoms with Crippen LogP contribution in [0.15, 0.2) is 243 Å².